The molecule has 0 aliphatic carbocycles. The Morgan fingerprint density at radius 3 is 2.57 bits per heavy atom. The van der Waals surface area contributed by atoms with Gasteiger partial charge in [-0.15, -0.1) is 0 Å². The Hall–Kier alpha value is -3.71. The number of aromatic carboxylic acids is 1. The number of hydrogen-bond donors (Lipinski definition) is 0. The molecule has 3 heterocycles. The Morgan fingerprint density at radius 1 is 1.10 bits per heavy atom. The van der Waals surface area contributed by atoms with Gasteiger partial charge in [-0.2, -0.15) is 0 Å². The summed E-state index contributed by atoms with van der Waals surface area (Å²) in [4.78, 5) is 29.2. The molecule has 0 spiro atoms. The highest BCUT2D eigenvalue weighted by atomic mass is 32.1. The summed E-state index contributed by atoms with van der Waals surface area (Å²) in [7, 11) is 0. The number of hydrogen-bond acceptors (Lipinski definition) is 5. The summed E-state index contributed by atoms with van der Waals surface area (Å²) in [6, 6.07) is 16.2. The number of rotatable bonds is 3. The van der Waals surface area contributed by atoms with Crippen molar-refractivity contribution in [1.82, 2.24) is 14.0 Å². The Balaban J connectivity index is 1.64. The predicted octanol–water partition coefficient (Wildman–Crippen LogP) is 2.23. The molecule has 30 heavy (non-hydrogen) atoms. The third-order valence-corrected chi connectivity index (χ3v) is 6.23. The number of benzene rings is 2. The maximum absolute atomic E-state index is 13.0. The van der Waals surface area contributed by atoms with Gasteiger partial charge in [-0.05, 0) is 61.4 Å². The summed E-state index contributed by atoms with van der Waals surface area (Å²) in [5.41, 5.74) is 5.41. The number of imidazole rings is 1. The molecule has 5 rings (SSSR count). The zero-order valence-electron chi connectivity index (χ0n) is 16.2. The molecule has 0 saturated heterocycles. The van der Waals surface area contributed by atoms with Crippen LogP contribution in [0, 0.1) is 13.8 Å². The second-order valence-electron chi connectivity index (χ2n) is 7.13. The van der Waals surface area contributed by atoms with Crippen molar-refractivity contribution in [2.45, 2.75) is 13.8 Å². The van der Waals surface area contributed by atoms with E-state index in [1.165, 1.54) is 23.5 Å². The van der Waals surface area contributed by atoms with Gasteiger partial charge in [0.15, 0.2) is 4.96 Å². The molecular weight excluding hydrogens is 398 g/mol. The van der Waals surface area contributed by atoms with E-state index in [0.717, 1.165) is 33.7 Å². The summed E-state index contributed by atoms with van der Waals surface area (Å²) in [6.07, 6.45) is 1.89. The van der Waals surface area contributed by atoms with E-state index in [0.29, 0.717) is 9.49 Å². The van der Waals surface area contributed by atoms with Crippen LogP contribution < -0.4 is 15.2 Å². The van der Waals surface area contributed by atoms with Crippen LogP contribution in [0.5, 0.6) is 0 Å². The van der Waals surface area contributed by atoms with Gasteiger partial charge in [0.25, 0.3) is 5.56 Å². The highest BCUT2D eigenvalue weighted by Gasteiger charge is 2.13. The van der Waals surface area contributed by atoms with Gasteiger partial charge in [0.05, 0.1) is 21.5 Å². The maximum Gasteiger partial charge on any atom is 0.274 e. The minimum absolute atomic E-state index is 0.0770. The third kappa shape index (κ3) is 2.74. The van der Waals surface area contributed by atoms with Gasteiger partial charge in [-0.1, -0.05) is 35.6 Å². The molecule has 6 nitrogen and oxygen atoms in total. The molecule has 148 valence electrons. The van der Waals surface area contributed by atoms with E-state index in [1.54, 1.807) is 16.5 Å². The second-order valence-corrected chi connectivity index (χ2v) is 8.14. The minimum atomic E-state index is -1.20. The Morgan fingerprint density at radius 2 is 1.83 bits per heavy atom. The van der Waals surface area contributed by atoms with Gasteiger partial charge in [-0.3, -0.25) is 4.79 Å². The number of para-hydroxylation sites is 2. The summed E-state index contributed by atoms with van der Waals surface area (Å²) in [6.45, 7) is 3.95. The van der Waals surface area contributed by atoms with E-state index in [-0.39, 0.29) is 11.1 Å². The van der Waals surface area contributed by atoms with Crippen molar-refractivity contribution in [2.75, 3.05) is 0 Å². The first-order chi connectivity index (χ1) is 14.4. The lowest BCUT2D eigenvalue weighted by Gasteiger charge is -2.11. The summed E-state index contributed by atoms with van der Waals surface area (Å²) in [5, 5.41) is 11.0. The second kappa shape index (κ2) is 6.67. The molecule has 0 bridgehead atoms. The predicted molar refractivity (Wildman–Crippen MR) is 115 cm³/mol. The zero-order chi connectivity index (χ0) is 21.0. The summed E-state index contributed by atoms with van der Waals surface area (Å²) < 4.78 is 4.31. The summed E-state index contributed by atoms with van der Waals surface area (Å²) >= 11 is 1.37. The third-order valence-electron chi connectivity index (χ3n) is 5.26. The molecule has 7 heteroatoms. The smallest absolute Gasteiger partial charge is 0.274 e. The highest BCUT2D eigenvalue weighted by Crippen LogP contribution is 2.22. The molecule has 0 atom stereocenters. The standard InChI is InChI=1S/C23H17N3O3S/c1-13-11-16(14(2)25(13)17-9-7-15(8-10-17)22(28)29)12-20-21(27)26-19-6-4-3-5-18(19)24-23(26)30-20/h3-12H,1-2H3,(H,28,29)/p-1/b20-12-. The molecule has 0 amide bonds. The molecule has 0 N–H and O–H groups in total. The van der Waals surface area contributed by atoms with E-state index >= 15 is 0 Å². The maximum atomic E-state index is 13.0. The van der Waals surface area contributed by atoms with Gasteiger partial charge in [-0.25, -0.2) is 9.38 Å². The number of carbonyl (C=O) groups is 1. The lowest BCUT2D eigenvalue weighted by molar-refractivity contribution is -0.255. The van der Waals surface area contributed by atoms with Gasteiger partial charge in [0, 0.05) is 17.1 Å². The van der Waals surface area contributed by atoms with Crippen LogP contribution in [0.25, 0.3) is 27.8 Å². The number of carboxylic acid groups (broad SMARTS) is 1. The molecule has 0 aliphatic heterocycles. The quantitative estimate of drug-likeness (QED) is 0.454. The molecule has 3 aromatic heterocycles. The number of carboxylic acids is 1. The van der Waals surface area contributed by atoms with Gasteiger partial charge < -0.3 is 14.5 Å². The number of carbonyl (C=O) groups excluding carboxylic acids is 1. The van der Waals surface area contributed by atoms with Crippen molar-refractivity contribution < 1.29 is 9.90 Å². The molecule has 2 aromatic carbocycles. The molecule has 0 aliphatic rings. The van der Waals surface area contributed by atoms with Crippen LogP contribution in [-0.4, -0.2) is 19.9 Å². The van der Waals surface area contributed by atoms with Gasteiger partial charge in [0.2, 0.25) is 0 Å². The molecular formula is C23H16N3O3S-. The van der Waals surface area contributed by atoms with E-state index in [9.17, 15) is 14.7 Å². The molecule has 5 aromatic rings. The van der Waals surface area contributed by atoms with Gasteiger partial charge >= 0.3 is 0 Å². The summed E-state index contributed by atoms with van der Waals surface area (Å²) in [5.74, 6) is -1.20. The fourth-order valence-corrected chi connectivity index (χ4v) is 4.81. The number of fused-ring (bicyclic) bond motifs is 3. The molecule has 0 saturated carbocycles. The normalized spacial score (nSPS) is 12.3. The van der Waals surface area contributed by atoms with Crippen LogP contribution in [0.4, 0.5) is 0 Å². The fourth-order valence-electron chi connectivity index (χ4n) is 3.83. The topological polar surface area (TPSA) is 79.4 Å². The molecule has 0 unspecified atom stereocenters. The van der Waals surface area contributed by atoms with Crippen LogP contribution in [0.15, 0.2) is 59.4 Å². The lowest BCUT2D eigenvalue weighted by atomic mass is 10.2. The Kier molecular flexibility index (Phi) is 4.08. The number of aryl methyl sites for hydroxylation is 1. The fraction of sp³-hybridized carbons (Fsp3) is 0.0870. The average molecular weight is 414 g/mol. The SMILES string of the molecule is Cc1cc(/C=c2\sc3nc4ccccc4n3c2=O)c(C)n1-c1ccc(C(=O)[O-])cc1. The monoisotopic (exact) mass is 414 g/mol. The number of nitrogens with zero attached hydrogens (tertiary/aromatic N) is 3. The van der Waals surface area contributed by atoms with E-state index in [1.807, 2.05) is 54.8 Å². The lowest BCUT2D eigenvalue weighted by Crippen LogP contribution is -2.22. The number of aromatic nitrogens is 3. The zero-order valence-corrected chi connectivity index (χ0v) is 17.1. The minimum Gasteiger partial charge on any atom is -0.545 e. The van der Waals surface area contributed by atoms with Crippen LogP contribution in [0.2, 0.25) is 0 Å². The van der Waals surface area contributed by atoms with E-state index in [4.69, 9.17) is 0 Å². The number of thiazole rings is 1. The Labute approximate surface area is 175 Å². The largest absolute Gasteiger partial charge is 0.545 e. The van der Waals surface area contributed by atoms with Crippen molar-refractivity contribution in [3.63, 3.8) is 0 Å². The van der Waals surface area contributed by atoms with E-state index < -0.39 is 5.97 Å². The Bertz CT molecular complexity index is 1560. The first kappa shape index (κ1) is 18.3. The van der Waals surface area contributed by atoms with Crippen LogP contribution >= 0.6 is 11.3 Å². The highest BCUT2D eigenvalue weighted by molar-refractivity contribution is 7.15. The van der Waals surface area contributed by atoms with E-state index in [2.05, 4.69) is 4.98 Å². The van der Waals surface area contributed by atoms with Crippen molar-refractivity contribution in [2.24, 2.45) is 0 Å². The molecule has 0 radical (unpaired) electrons. The van der Waals surface area contributed by atoms with Crippen molar-refractivity contribution in [1.29, 1.82) is 0 Å². The molecule has 0 fully saturated rings. The van der Waals surface area contributed by atoms with Crippen LogP contribution in [0.1, 0.15) is 27.3 Å². The first-order valence-electron chi connectivity index (χ1n) is 9.36. The van der Waals surface area contributed by atoms with Crippen molar-refractivity contribution >= 4 is 39.4 Å². The van der Waals surface area contributed by atoms with Gasteiger partial charge in [0.1, 0.15) is 0 Å². The van der Waals surface area contributed by atoms with Crippen LogP contribution in [-0.2, 0) is 0 Å². The van der Waals surface area contributed by atoms with Crippen LogP contribution in [0.3, 0.4) is 0 Å². The van der Waals surface area contributed by atoms with Crippen molar-refractivity contribution in [3.8, 4) is 5.69 Å². The van der Waals surface area contributed by atoms with Crippen molar-refractivity contribution in [3.05, 3.63) is 92.0 Å². The average Bonchev–Trinajstić information content (AvgIpc) is 3.33. The first-order valence-corrected chi connectivity index (χ1v) is 10.2.